The van der Waals surface area contributed by atoms with Crippen molar-refractivity contribution in [3.63, 3.8) is 0 Å². The topological polar surface area (TPSA) is 56.8 Å². The van der Waals surface area contributed by atoms with Gasteiger partial charge in [0.2, 0.25) is 0 Å². The zero-order valence-corrected chi connectivity index (χ0v) is 14.6. The van der Waals surface area contributed by atoms with E-state index in [-0.39, 0.29) is 25.6 Å². The molecule has 0 fully saturated rings. The molecule has 0 radical (unpaired) electrons. The molecule has 0 aliphatic heterocycles. The molecule has 0 saturated heterocycles. The van der Waals surface area contributed by atoms with Crippen LogP contribution in [-0.4, -0.2) is 38.1 Å². The number of halogens is 2. The van der Waals surface area contributed by atoms with E-state index in [2.05, 4.69) is 5.32 Å². The first-order valence-corrected chi connectivity index (χ1v) is 7.88. The third-order valence-electron chi connectivity index (χ3n) is 2.87. The zero-order chi connectivity index (χ0) is 18.2. The molecule has 0 spiro atoms. The second-order valence-electron chi connectivity index (χ2n) is 6.11. The van der Waals surface area contributed by atoms with E-state index in [9.17, 15) is 13.6 Å². The Kier molecular flexibility index (Phi) is 7.91. The minimum absolute atomic E-state index is 0.155. The van der Waals surface area contributed by atoms with Crippen LogP contribution in [0.3, 0.4) is 0 Å². The first-order valence-electron chi connectivity index (χ1n) is 7.88. The summed E-state index contributed by atoms with van der Waals surface area (Å²) in [4.78, 5) is 11.4. The second kappa shape index (κ2) is 9.42. The number of rotatable bonds is 8. The number of hydrogen-bond acceptors (Lipinski definition) is 4. The quantitative estimate of drug-likeness (QED) is 0.733. The summed E-state index contributed by atoms with van der Waals surface area (Å²) in [5, 5.41) is 2.55. The molecule has 1 N–H and O–H groups in total. The molecule has 1 rings (SSSR count). The van der Waals surface area contributed by atoms with Crippen LogP contribution in [0.4, 0.5) is 13.6 Å². The summed E-state index contributed by atoms with van der Waals surface area (Å²) in [5.74, 6) is -1.11. The minimum atomic E-state index is -0.679. The molecule has 0 aliphatic carbocycles. The maximum Gasteiger partial charge on any atom is 0.407 e. The lowest BCUT2D eigenvalue weighted by Crippen LogP contribution is -2.34. The first-order chi connectivity index (χ1) is 11.2. The van der Waals surface area contributed by atoms with Gasteiger partial charge in [0.05, 0.1) is 13.2 Å². The van der Waals surface area contributed by atoms with Crippen LogP contribution in [0.15, 0.2) is 12.1 Å². The number of carbonyl (C=O) groups is 1. The van der Waals surface area contributed by atoms with Crippen molar-refractivity contribution >= 4 is 6.09 Å². The molecule has 0 atom stereocenters. The van der Waals surface area contributed by atoms with Gasteiger partial charge >= 0.3 is 6.09 Å². The van der Waals surface area contributed by atoms with Crippen molar-refractivity contribution in [3.8, 4) is 5.75 Å². The number of alkyl carbamates (subject to hydrolysis) is 1. The Bertz CT molecular complexity index is 544. The van der Waals surface area contributed by atoms with E-state index in [0.29, 0.717) is 18.5 Å². The van der Waals surface area contributed by atoms with Crippen molar-refractivity contribution in [2.45, 2.75) is 39.7 Å². The fourth-order valence-corrected chi connectivity index (χ4v) is 1.90. The average Bonchev–Trinajstić information content (AvgIpc) is 2.43. The van der Waals surface area contributed by atoms with Gasteiger partial charge in [0, 0.05) is 24.2 Å². The fraction of sp³-hybridized carbons (Fsp3) is 0.588. The highest BCUT2D eigenvalue weighted by Gasteiger charge is 2.15. The van der Waals surface area contributed by atoms with Gasteiger partial charge in [-0.3, -0.25) is 0 Å². The van der Waals surface area contributed by atoms with Crippen molar-refractivity contribution in [2.75, 3.05) is 26.4 Å². The third-order valence-corrected chi connectivity index (χ3v) is 2.87. The van der Waals surface area contributed by atoms with E-state index in [1.165, 1.54) is 0 Å². The monoisotopic (exact) mass is 345 g/mol. The third kappa shape index (κ3) is 7.59. The van der Waals surface area contributed by atoms with E-state index < -0.39 is 23.3 Å². The number of hydrogen-bond donors (Lipinski definition) is 1. The van der Waals surface area contributed by atoms with Gasteiger partial charge in [0.15, 0.2) is 0 Å². The zero-order valence-electron chi connectivity index (χ0n) is 14.6. The minimum Gasteiger partial charge on any atom is -0.491 e. The van der Waals surface area contributed by atoms with Crippen LogP contribution in [0.25, 0.3) is 0 Å². The van der Waals surface area contributed by atoms with Gasteiger partial charge in [-0.25, -0.2) is 13.6 Å². The molecule has 0 unspecified atom stereocenters. The number of ether oxygens (including phenoxy) is 3. The van der Waals surface area contributed by atoms with Crippen molar-refractivity contribution < 1.29 is 27.8 Å². The van der Waals surface area contributed by atoms with Gasteiger partial charge in [0.25, 0.3) is 0 Å². The molecule has 7 heteroatoms. The average molecular weight is 345 g/mol. The molecule has 0 saturated carbocycles. The number of carbonyl (C=O) groups excluding carboxylic acids is 1. The van der Waals surface area contributed by atoms with Crippen LogP contribution in [0.1, 0.15) is 33.3 Å². The van der Waals surface area contributed by atoms with Crippen LogP contribution in [0, 0.1) is 11.6 Å². The normalized spacial score (nSPS) is 11.2. The lowest BCUT2D eigenvalue weighted by Gasteiger charge is -2.19. The molecule has 1 aromatic carbocycles. The molecule has 136 valence electrons. The molecule has 5 nitrogen and oxygen atoms in total. The Morgan fingerprint density at radius 2 is 1.88 bits per heavy atom. The van der Waals surface area contributed by atoms with Crippen LogP contribution in [-0.2, 0) is 15.9 Å². The van der Waals surface area contributed by atoms with Gasteiger partial charge in [-0.2, -0.15) is 0 Å². The lowest BCUT2D eigenvalue weighted by atomic mass is 10.1. The van der Waals surface area contributed by atoms with E-state index in [0.717, 1.165) is 12.1 Å². The summed E-state index contributed by atoms with van der Waals surface area (Å²) in [5.41, 5.74) is -0.210. The van der Waals surface area contributed by atoms with E-state index in [1.807, 2.05) is 0 Å². The van der Waals surface area contributed by atoms with Crippen LogP contribution in [0.5, 0.6) is 5.75 Å². The van der Waals surface area contributed by atoms with E-state index >= 15 is 0 Å². The smallest absolute Gasteiger partial charge is 0.407 e. The van der Waals surface area contributed by atoms with Crippen molar-refractivity contribution in [1.82, 2.24) is 5.32 Å². The molecule has 1 aromatic rings. The van der Waals surface area contributed by atoms with Gasteiger partial charge in [-0.1, -0.05) is 6.92 Å². The van der Waals surface area contributed by atoms with Gasteiger partial charge in [-0.05, 0) is 27.2 Å². The van der Waals surface area contributed by atoms with Crippen molar-refractivity contribution in [3.05, 3.63) is 29.3 Å². The number of nitrogens with one attached hydrogen (secondary N) is 1. The van der Waals surface area contributed by atoms with Crippen molar-refractivity contribution in [2.24, 2.45) is 0 Å². The molecule has 0 aliphatic rings. The summed E-state index contributed by atoms with van der Waals surface area (Å²) < 4.78 is 42.5. The highest BCUT2D eigenvalue weighted by atomic mass is 19.1. The summed E-state index contributed by atoms with van der Waals surface area (Å²) in [6, 6.07) is 2.00. The Balaban J connectivity index is 2.22. The maximum atomic E-state index is 13.6. The lowest BCUT2D eigenvalue weighted by molar-refractivity contribution is 0.0488. The Morgan fingerprint density at radius 3 is 2.50 bits per heavy atom. The first kappa shape index (κ1) is 20.2. The van der Waals surface area contributed by atoms with E-state index in [4.69, 9.17) is 14.2 Å². The molecule has 24 heavy (non-hydrogen) atoms. The molecule has 0 heterocycles. The van der Waals surface area contributed by atoms with E-state index in [1.54, 1.807) is 27.7 Å². The largest absolute Gasteiger partial charge is 0.491 e. The van der Waals surface area contributed by atoms with Crippen LogP contribution < -0.4 is 10.1 Å². The predicted octanol–water partition coefficient (Wildman–Crippen LogP) is 3.45. The van der Waals surface area contributed by atoms with Gasteiger partial charge in [-0.15, -0.1) is 0 Å². The highest BCUT2D eigenvalue weighted by molar-refractivity contribution is 5.67. The summed E-state index contributed by atoms with van der Waals surface area (Å²) in [7, 11) is 0. The van der Waals surface area contributed by atoms with Crippen molar-refractivity contribution in [1.29, 1.82) is 0 Å². The van der Waals surface area contributed by atoms with Crippen LogP contribution >= 0.6 is 0 Å². The summed E-state index contributed by atoms with van der Waals surface area (Å²) >= 11 is 0. The molecule has 1 amide bonds. The molecule has 0 aromatic heterocycles. The highest BCUT2D eigenvalue weighted by Crippen LogP contribution is 2.23. The Morgan fingerprint density at radius 1 is 1.17 bits per heavy atom. The Hall–Kier alpha value is -1.89. The molecular weight excluding hydrogens is 320 g/mol. The fourth-order valence-electron chi connectivity index (χ4n) is 1.90. The molecular formula is C17H25F2NO4. The predicted molar refractivity (Wildman–Crippen MR) is 86.3 cm³/mol. The number of benzene rings is 1. The summed E-state index contributed by atoms with van der Waals surface area (Å²) in [6.45, 7) is 8.06. The summed E-state index contributed by atoms with van der Waals surface area (Å²) in [6.07, 6.45) is -0.104. The maximum absolute atomic E-state index is 13.6. The van der Waals surface area contributed by atoms with Gasteiger partial charge < -0.3 is 19.5 Å². The molecule has 0 bridgehead atoms. The Labute approximate surface area is 141 Å². The van der Waals surface area contributed by atoms with Gasteiger partial charge in [0.1, 0.15) is 29.6 Å². The number of amides is 1. The standard InChI is InChI=1S/C17H25F2NO4/c1-5-13-14(19)10-12(18)11-15(13)23-9-8-22-7-6-20-16(21)24-17(2,3)4/h10-11H,5-9H2,1-4H3,(H,20,21). The van der Waals surface area contributed by atoms with Crippen LogP contribution in [0.2, 0.25) is 0 Å². The second-order valence-corrected chi connectivity index (χ2v) is 6.11. The SMILES string of the molecule is CCc1c(F)cc(F)cc1OCCOCCNC(=O)OC(C)(C)C.